The molecule has 0 spiro atoms. The highest BCUT2D eigenvalue weighted by Gasteiger charge is 2.31. The lowest BCUT2D eigenvalue weighted by atomic mass is 10.2. The first-order chi connectivity index (χ1) is 13.3. The number of nitrogens with zero attached hydrogens (tertiary/aromatic N) is 4. The molecule has 2 fully saturated rings. The van der Waals surface area contributed by atoms with Crippen molar-refractivity contribution in [2.45, 2.75) is 18.9 Å². The van der Waals surface area contributed by atoms with Crippen LogP contribution >= 0.6 is 11.6 Å². The second-order valence-corrected chi connectivity index (χ2v) is 7.74. The predicted octanol–water partition coefficient (Wildman–Crippen LogP) is 4.08. The molecular weight excluding hydrogens is 358 g/mol. The van der Waals surface area contributed by atoms with Gasteiger partial charge < -0.3 is 9.88 Å². The van der Waals surface area contributed by atoms with Crippen molar-refractivity contribution in [2.24, 2.45) is 0 Å². The summed E-state index contributed by atoms with van der Waals surface area (Å²) in [4.78, 5) is 17.6. The van der Waals surface area contributed by atoms with Crippen molar-refractivity contribution >= 4 is 17.4 Å². The highest BCUT2D eigenvalue weighted by atomic mass is 35.5. The SMILES string of the molecule is Clc1cccc(-c2c[nH]c(-c3ccnc(N4CCN(C5CC5)CC4)c3)n2)c1. The Morgan fingerprint density at radius 2 is 1.85 bits per heavy atom. The molecule has 1 aliphatic heterocycles. The molecule has 0 bridgehead atoms. The number of benzene rings is 1. The molecule has 1 saturated heterocycles. The Morgan fingerprint density at radius 3 is 2.63 bits per heavy atom. The third-order valence-corrected chi connectivity index (χ3v) is 5.65. The fraction of sp³-hybridized carbons (Fsp3) is 0.333. The van der Waals surface area contributed by atoms with E-state index < -0.39 is 0 Å². The standard InChI is InChI=1S/C21H22ClN5/c22-17-3-1-2-15(12-17)19-14-24-21(25-19)16-6-7-23-20(13-16)27-10-8-26(9-11-27)18-4-5-18/h1-3,6-7,12-14,18H,4-5,8-11H2,(H,24,25). The Morgan fingerprint density at radius 1 is 1.00 bits per heavy atom. The summed E-state index contributed by atoms with van der Waals surface area (Å²) >= 11 is 6.10. The van der Waals surface area contributed by atoms with Gasteiger partial charge >= 0.3 is 0 Å². The fourth-order valence-corrected chi connectivity index (χ4v) is 3.95. The van der Waals surface area contributed by atoms with Crippen LogP contribution in [-0.2, 0) is 0 Å². The zero-order valence-electron chi connectivity index (χ0n) is 15.1. The maximum Gasteiger partial charge on any atom is 0.138 e. The zero-order valence-corrected chi connectivity index (χ0v) is 15.9. The van der Waals surface area contributed by atoms with E-state index in [0.717, 1.165) is 60.7 Å². The number of hydrogen-bond donors (Lipinski definition) is 1. The largest absolute Gasteiger partial charge is 0.354 e. The van der Waals surface area contributed by atoms with Crippen molar-refractivity contribution in [3.63, 3.8) is 0 Å². The molecule has 1 saturated carbocycles. The Kier molecular flexibility index (Phi) is 4.34. The minimum absolute atomic E-state index is 0.716. The van der Waals surface area contributed by atoms with Gasteiger partial charge in [-0.2, -0.15) is 0 Å². The molecule has 5 rings (SSSR count). The second-order valence-electron chi connectivity index (χ2n) is 7.30. The molecule has 2 aliphatic rings. The Labute approximate surface area is 164 Å². The Bertz CT molecular complexity index is 941. The third-order valence-electron chi connectivity index (χ3n) is 5.42. The van der Waals surface area contributed by atoms with E-state index in [9.17, 15) is 0 Å². The van der Waals surface area contributed by atoms with E-state index in [0.29, 0.717) is 5.02 Å². The molecule has 0 amide bonds. The average Bonchev–Trinajstić information content (AvgIpc) is 3.44. The lowest BCUT2D eigenvalue weighted by molar-refractivity contribution is 0.247. The molecule has 2 aromatic heterocycles. The third kappa shape index (κ3) is 3.57. The van der Waals surface area contributed by atoms with Gasteiger partial charge in [-0.3, -0.25) is 4.90 Å². The van der Waals surface area contributed by atoms with Crippen molar-refractivity contribution in [1.82, 2.24) is 19.9 Å². The summed E-state index contributed by atoms with van der Waals surface area (Å²) in [5.41, 5.74) is 2.96. The number of imidazole rings is 1. The molecular formula is C21H22ClN5. The van der Waals surface area contributed by atoms with Crippen LogP contribution in [0.5, 0.6) is 0 Å². The minimum Gasteiger partial charge on any atom is -0.354 e. The smallest absolute Gasteiger partial charge is 0.138 e. The van der Waals surface area contributed by atoms with Crippen LogP contribution in [0.1, 0.15) is 12.8 Å². The number of piperazine rings is 1. The average molecular weight is 380 g/mol. The molecule has 3 heterocycles. The molecule has 0 atom stereocenters. The van der Waals surface area contributed by atoms with Gasteiger partial charge in [0.2, 0.25) is 0 Å². The summed E-state index contributed by atoms with van der Waals surface area (Å²) in [5.74, 6) is 1.88. The summed E-state index contributed by atoms with van der Waals surface area (Å²) in [7, 11) is 0. The monoisotopic (exact) mass is 379 g/mol. The van der Waals surface area contributed by atoms with E-state index in [1.165, 1.54) is 12.8 Å². The van der Waals surface area contributed by atoms with Gasteiger partial charge in [0.1, 0.15) is 11.6 Å². The molecule has 27 heavy (non-hydrogen) atoms. The summed E-state index contributed by atoms with van der Waals surface area (Å²) in [5, 5.41) is 0.716. The molecule has 3 aromatic rings. The first-order valence-electron chi connectivity index (χ1n) is 9.53. The molecule has 0 radical (unpaired) electrons. The first-order valence-corrected chi connectivity index (χ1v) is 9.91. The van der Waals surface area contributed by atoms with Crippen molar-refractivity contribution in [1.29, 1.82) is 0 Å². The number of rotatable bonds is 4. The molecule has 138 valence electrons. The molecule has 1 aromatic carbocycles. The van der Waals surface area contributed by atoms with Gasteiger partial charge in [0.25, 0.3) is 0 Å². The van der Waals surface area contributed by atoms with Gasteiger partial charge in [0, 0.05) is 60.8 Å². The van der Waals surface area contributed by atoms with E-state index in [1.54, 1.807) is 0 Å². The molecule has 0 unspecified atom stereocenters. The van der Waals surface area contributed by atoms with Crippen LogP contribution in [0.3, 0.4) is 0 Å². The molecule has 6 heteroatoms. The lowest BCUT2D eigenvalue weighted by Gasteiger charge is -2.35. The molecule has 5 nitrogen and oxygen atoms in total. The highest BCUT2D eigenvalue weighted by molar-refractivity contribution is 6.30. The van der Waals surface area contributed by atoms with Crippen LogP contribution in [0.15, 0.2) is 48.8 Å². The Hall–Kier alpha value is -2.37. The van der Waals surface area contributed by atoms with Gasteiger partial charge in [0.05, 0.1) is 5.69 Å². The van der Waals surface area contributed by atoms with Crippen LogP contribution in [0.2, 0.25) is 5.02 Å². The van der Waals surface area contributed by atoms with Gasteiger partial charge in [0.15, 0.2) is 0 Å². The summed E-state index contributed by atoms with van der Waals surface area (Å²) in [6.07, 6.45) is 6.55. The van der Waals surface area contributed by atoms with Gasteiger partial charge in [-0.05, 0) is 37.1 Å². The van der Waals surface area contributed by atoms with Crippen molar-refractivity contribution in [3.05, 3.63) is 53.8 Å². The number of nitrogens with one attached hydrogen (secondary N) is 1. The van der Waals surface area contributed by atoms with Gasteiger partial charge in [-0.15, -0.1) is 0 Å². The van der Waals surface area contributed by atoms with E-state index in [1.807, 2.05) is 42.7 Å². The topological polar surface area (TPSA) is 48.1 Å². The predicted molar refractivity (Wildman–Crippen MR) is 109 cm³/mol. The minimum atomic E-state index is 0.716. The van der Waals surface area contributed by atoms with E-state index in [4.69, 9.17) is 16.6 Å². The highest BCUT2D eigenvalue weighted by Crippen LogP contribution is 2.29. The maximum atomic E-state index is 6.10. The van der Waals surface area contributed by atoms with E-state index in [2.05, 4.69) is 25.8 Å². The van der Waals surface area contributed by atoms with Crippen LogP contribution in [0.4, 0.5) is 5.82 Å². The summed E-state index contributed by atoms with van der Waals surface area (Å²) in [6, 6.07) is 12.7. The van der Waals surface area contributed by atoms with Crippen molar-refractivity contribution in [2.75, 3.05) is 31.1 Å². The van der Waals surface area contributed by atoms with Gasteiger partial charge in [-0.25, -0.2) is 9.97 Å². The van der Waals surface area contributed by atoms with Crippen molar-refractivity contribution in [3.8, 4) is 22.6 Å². The quantitative estimate of drug-likeness (QED) is 0.742. The summed E-state index contributed by atoms with van der Waals surface area (Å²) < 4.78 is 0. The number of pyridine rings is 1. The van der Waals surface area contributed by atoms with E-state index >= 15 is 0 Å². The number of halogens is 1. The number of H-pyrrole nitrogens is 1. The van der Waals surface area contributed by atoms with Crippen LogP contribution in [0, 0.1) is 0 Å². The van der Waals surface area contributed by atoms with Crippen LogP contribution in [0.25, 0.3) is 22.6 Å². The number of hydrogen-bond acceptors (Lipinski definition) is 4. The first kappa shape index (κ1) is 16.8. The Balaban J connectivity index is 1.35. The van der Waals surface area contributed by atoms with Gasteiger partial charge in [-0.1, -0.05) is 23.7 Å². The fourth-order valence-electron chi connectivity index (χ4n) is 3.76. The maximum absolute atomic E-state index is 6.10. The number of aromatic nitrogens is 3. The number of aromatic amines is 1. The summed E-state index contributed by atoms with van der Waals surface area (Å²) in [6.45, 7) is 4.35. The number of anilines is 1. The lowest BCUT2D eigenvalue weighted by Crippen LogP contribution is -2.47. The van der Waals surface area contributed by atoms with Crippen LogP contribution in [-0.4, -0.2) is 52.1 Å². The van der Waals surface area contributed by atoms with Crippen molar-refractivity contribution < 1.29 is 0 Å². The zero-order chi connectivity index (χ0) is 18.2. The second kappa shape index (κ2) is 6.98. The normalized spacial score (nSPS) is 18.0. The molecule has 1 aliphatic carbocycles. The molecule has 1 N–H and O–H groups in total. The van der Waals surface area contributed by atoms with Crippen LogP contribution < -0.4 is 4.90 Å². The van der Waals surface area contributed by atoms with E-state index in [-0.39, 0.29) is 0 Å².